The van der Waals surface area contributed by atoms with Gasteiger partial charge in [-0.05, 0) is 12.8 Å². The third kappa shape index (κ3) is 2.64. The average Bonchev–Trinajstić information content (AvgIpc) is 1.98. The van der Waals surface area contributed by atoms with Gasteiger partial charge in [0.15, 0.2) is 0 Å². The fourth-order valence-electron chi connectivity index (χ4n) is 1.83. The average molecular weight is 154 g/mol. The molecular weight excluding hydrogens is 136 g/mol. The van der Waals surface area contributed by atoms with E-state index in [1.54, 1.807) is 0 Å². The zero-order chi connectivity index (χ0) is 8.16. The van der Waals surface area contributed by atoms with Crippen LogP contribution >= 0.6 is 0 Å². The highest BCUT2D eigenvalue weighted by Crippen LogP contribution is 2.31. The highest BCUT2D eigenvalue weighted by Gasteiger charge is 2.23. The molecule has 0 spiro atoms. The molecule has 0 N–H and O–H groups in total. The maximum atomic E-state index is 10.7. The topological polar surface area (TPSA) is 17.1 Å². The minimum absolute atomic E-state index is 0.0143. The Bertz CT molecular complexity index is 121. The molecule has 64 valence electrons. The molecule has 1 aliphatic rings. The van der Waals surface area contributed by atoms with Gasteiger partial charge >= 0.3 is 0 Å². The third-order valence-electron chi connectivity index (χ3n) is 2.78. The normalized spacial score (nSPS) is 25.2. The molecule has 0 heterocycles. The zero-order valence-corrected chi connectivity index (χ0v) is 7.44. The summed E-state index contributed by atoms with van der Waals surface area (Å²) in [5.74, 6) is 0. The van der Waals surface area contributed by atoms with Crippen molar-refractivity contribution >= 4 is 6.29 Å². The molecule has 0 saturated heterocycles. The van der Waals surface area contributed by atoms with E-state index in [-0.39, 0.29) is 5.41 Å². The van der Waals surface area contributed by atoms with Crippen LogP contribution in [0.4, 0.5) is 0 Å². The predicted molar refractivity (Wildman–Crippen MR) is 46.5 cm³/mol. The molecule has 1 heteroatoms. The first-order valence-corrected chi connectivity index (χ1v) is 4.73. The molecule has 0 bridgehead atoms. The zero-order valence-electron chi connectivity index (χ0n) is 7.44. The molecule has 11 heavy (non-hydrogen) atoms. The van der Waals surface area contributed by atoms with Crippen LogP contribution in [0.5, 0.6) is 0 Å². The minimum Gasteiger partial charge on any atom is -0.303 e. The Hall–Kier alpha value is -0.330. The van der Waals surface area contributed by atoms with Gasteiger partial charge in [0, 0.05) is 5.41 Å². The summed E-state index contributed by atoms with van der Waals surface area (Å²) in [5.41, 5.74) is 0.0143. The first kappa shape index (κ1) is 8.76. The van der Waals surface area contributed by atoms with Crippen LogP contribution < -0.4 is 0 Å². The van der Waals surface area contributed by atoms with E-state index in [4.69, 9.17) is 0 Å². The van der Waals surface area contributed by atoms with Crippen molar-refractivity contribution in [1.29, 1.82) is 0 Å². The molecule has 0 aromatic heterocycles. The molecule has 0 aromatic carbocycles. The molecule has 0 aromatic rings. The molecule has 0 amide bonds. The minimum atomic E-state index is 0.0143. The second-order valence-electron chi connectivity index (χ2n) is 4.04. The van der Waals surface area contributed by atoms with E-state index >= 15 is 0 Å². The Balaban J connectivity index is 2.43. The summed E-state index contributed by atoms with van der Waals surface area (Å²) in [7, 11) is 0. The fourth-order valence-corrected chi connectivity index (χ4v) is 1.83. The summed E-state index contributed by atoms with van der Waals surface area (Å²) in [6.45, 7) is 2.10. The van der Waals surface area contributed by atoms with Gasteiger partial charge in [-0.25, -0.2) is 0 Å². The van der Waals surface area contributed by atoms with Gasteiger partial charge in [0.05, 0.1) is 0 Å². The molecule has 1 aliphatic carbocycles. The van der Waals surface area contributed by atoms with Crippen molar-refractivity contribution in [2.75, 3.05) is 0 Å². The Morgan fingerprint density at radius 1 is 1.00 bits per heavy atom. The van der Waals surface area contributed by atoms with Crippen molar-refractivity contribution in [1.82, 2.24) is 0 Å². The second-order valence-corrected chi connectivity index (χ2v) is 4.04. The van der Waals surface area contributed by atoms with Crippen LogP contribution in [0, 0.1) is 5.41 Å². The highest BCUT2D eigenvalue weighted by atomic mass is 16.1. The largest absolute Gasteiger partial charge is 0.303 e. The van der Waals surface area contributed by atoms with Gasteiger partial charge in [-0.15, -0.1) is 0 Å². The summed E-state index contributed by atoms with van der Waals surface area (Å²) in [6.07, 6.45) is 9.89. The van der Waals surface area contributed by atoms with E-state index in [0.717, 1.165) is 12.8 Å². The molecule has 1 saturated carbocycles. The lowest BCUT2D eigenvalue weighted by molar-refractivity contribution is -0.116. The van der Waals surface area contributed by atoms with Crippen LogP contribution in [0.25, 0.3) is 0 Å². The number of aldehydes is 1. The molecule has 0 atom stereocenters. The molecule has 0 aliphatic heterocycles. The van der Waals surface area contributed by atoms with Crippen LogP contribution in [-0.2, 0) is 4.79 Å². The first-order chi connectivity index (χ1) is 5.27. The van der Waals surface area contributed by atoms with E-state index < -0.39 is 0 Å². The Morgan fingerprint density at radius 2 is 1.45 bits per heavy atom. The van der Waals surface area contributed by atoms with Crippen LogP contribution in [0.2, 0.25) is 0 Å². The second kappa shape index (κ2) is 3.89. The van der Waals surface area contributed by atoms with Gasteiger partial charge in [0.25, 0.3) is 0 Å². The number of rotatable bonds is 1. The van der Waals surface area contributed by atoms with Crippen LogP contribution in [-0.4, -0.2) is 6.29 Å². The van der Waals surface area contributed by atoms with Crippen LogP contribution in [0.15, 0.2) is 0 Å². The SMILES string of the molecule is CC1(C=O)CCCCCCC1. The van der Waals surface area contributed by atoms with Gasteiger partial charge in [-0.2, -0.15) is 0 Å². The highest BCUT2D eigenvalue weighted by molar-refractivity contribution is 5.58. The Morgan fingerprint density at radius 3 is 1.91 bits per heavy atom. The monoisotopic (exact) mass is 154 g/mol. The van der Waals surface area contributed by atoms with Gasteiger partial charge in [0.2, 0.25) is 0 Å². The van der Waals surface area contributed by atoms with Crippen molar-refractivity contribution in [2.45, 2.75) is 51.9 Å². The van der Waals surface area contributed by atoms with Gasteiger partial charge in [0.1, 0.15) is 6.29 Å². The van der Waals surface area contributed by atoms with Gasteiger partial charge in [-0.1, -0.05) is 39.0 Å². The molecule has 0 unspecified atom stereocenters. The van der Waals surface area contributed by atoms with E-state index in [1.165, 1.54) is 38.4 Å². The number of carbonyl (C=O) groups is 1. The van der Waals surface area contributed by atoms with Crippen molar-refractivity contribution in [3.63, 3.8) is 0 Å². The first-order valence-electron chi connectivity index (χ1n) is 4.73. The molecule has 0 radical (unpaired) electrons. The third-order valence-corrected chi connectivity index (χ3v) is 2.78. The van der Waals surface area contributed by atoms with E-state index in [1.807, 2.05) is 0 Å². The molecular formula is C10H18O. The quantitative estimate of drug-likeness (QED) is 0.531. The van der Waals surface area contributed by atoms with Crippen molar-refractivity contribution in [3.8, 4) is 0 Å². The Labute approximate surface area is 69.2 Å². The van der Waals surface area contributed by atoms with Crippen molar-refractivity contribution in [2.24, 2.45) is 5.41 Å². The van der Waals surface area contributed by atoms with Gasteiger partial charge in [-0.3, -0.25) is 0 Å². The lowest BCUT2D eigenvalue weighted by atomic mass is 9.79. The van der Waals surface area contributed by atoms with E-state index in [0.29, 0.717) is 0 Å². The Kier molecular flexibility index (Phi) is 3.10. The predicted octanol–water partition coefficient (Wildman–Crippen LogP) is 2.94. The fraction of sp³-hybridized carbons (Fsp3) is 0.900. The number of hydrogen-bond donors (Lipinski definition) is 0. The molecule has 1 fully saturated rings. The standard InChI is InChI=1S/C10H18O/c1-10(9-11)7-5-3-2-4-6-8-10/h9H,2-8H2,1H3. The maximum absolute atomic E-state index is 10.7. The van der Waals surface area contributed by atoms with Crippen LogP contribution in [0.1, 0.15) is 51.9 Å². The number of carbonyl (C=O) groups excluding carboxylic acids is 1. The van der Waals surface area contributed by atoms with E-state index in [9.17, 15) is 4.79 Å². The number of hydrogen-bond acceptors (Lipinski definition) is 1. The van der Waals surface area contributed by atoms with Crippen LogP contribution in [0.3, 0.4) is 0 Å². The lowest BCUT2D eigenvalue weighted by Crippen LogP contribution is -2.19. The lowest BCUT2D eigenvalue weighted by Gasteiger charge is -2.24. The summed E-state index contributed by atoms with van der Waals surface area (Å²) in [5, 5.41) is 0. The smallest absolute Gasteiger partial charge is 0.125 e. The van der Waals surface area contributed by atoms with Crippen molar-refractivity contribution in [3.05, 3.63) is 0 Å². The molecule has 1 rings (SSSR count). The summed E-state index contributed by atoms with van der Waals surface area (Å²) >= 11 is 0. The maximum Gasteiger partial charge on any atom is 0.125 e. The van der Waals surface area contributed by atoms with Gasteiger partial charge < -0.3 is 4.79 Å². The summed E-state index contributed by atoms with van der Waals surface area (Å²) in [4.78, 5) is 10.7. The summed E-state index contributed by atoms with van der Waals surface area (Å²) in [6, 6.07) is 0. The molecule has 1 nitrogen and oxygen atoms in total. The van der Waals surface area contributed by atoms with Crippen molar-refractivity contribution < 1.29 is 4.79 Å². The van der Waals surface area contributed by atoms with E-state index in [2.05, 4.69) is 6.92 Å². The summed E-state index contributed by atoms with van der Waals surface area (Å²) < 4.78 is 0.